The Hall–Kier alpha value is -3.40. The molecule has 0 radical (unpaired) electrons. The molecule has 47 heavy (non-hydrogen) atoms. The average molecular weight is 676 g/mol. The first-order valence-corrected chi connectivity index (χ1v) is 18.6. The maximum absolute atomic E-state index is 13.5. The number of aliphatic hydroxyl groups is 1. The van der Waals surface area contributed by atoms with Crippen LogP contribution < -0.4 is 14.4 Å². The van der Waals surface area contributed by atoms with Crippen molar-refractivity contribution >= 4 is 33.2 Å². The molecule has 7 rings (SSSR count). The number of carbonyl (C=O) groups is 1. The van der Waals surface area contributed by atoms with Crippen LogP contribution in [-0.4, -0.2) is 49.4 Å². The Bertz CT molecular complexity index is 1820. The molecule has 2 N–H and O–H groups in total. The lowest BCUT2D eigenvalue weighted by molar-refractivity contribution is -0.0500. The molecule has 3 aromatic rings. The molecule has 10 heteroatoms. The minimum Gasteiger partial charge on any atom is -0.490 e. The van der Waals surface area contributed by atoms with Crippen LogP contribution in [0.2, 0.25) is 5.02 Å². The fourth-order valence-electron chi connectivity index (χ4n) is 8.20. The highest BCUT2D eigenvalue weighted by Gasteiger charge is 2.49. The van der Waals surface area contributed by atoms with Gasteiger partial charge in [0.2, 0.25) is 10.0 Å². The van der Waals surface area contributed by atoms with E-state index < -0.39 is 26.8 Å². The van der Waals surface area contributed by atoms with Crippen molar-refractivity contribution in [1.82, 2.24) is 9.71 Å². The summed E-state index contributed by atoms with van der Waals surface area (Å²) in [5.41, 5.74) is 2.71. The van der Waals surface area contributed by atoms with Crippen molar-refractivity contribution in [1.29, 1.82) is 0 Å². The lowest BCUT2D eigenvalue weighted by Gasteiger charge is -2.49. The van der Waals surface area contributed by atoms with E-state index in [1.54, 1.807) is 37.5 Å². The van der Waals surface area contributed by atoms with Gasteiger partial charge in [0.15, 0.2) is 0 Å². The highest BCUT2D eigenvalue weighted by molar-refractivity contribution is 7.90. The van der Waals surface area contributed by atoms with Gasteiger partial charge >= 0.3 is 0 Å². The first kappa shape index (κ1) is 32.2. The monoisotopic (exact) mass is 675 g/mol. The van der Waals surface area contributed by atoms with Crippen molar-refractivity contribution in [3.8, 4) is 5.75 Å². The van der Waals surface area contributed by atoms with Crippen LogP contribution >= 0.6 is 11.6 Å². The number of ether oxygens (including phenoxy) is 1. The fraction of sp³-hybridized carbons (Fsp3) is 0.459. The van der Waals surface area contributed by atoms with Gasteiger partial charge in [0.1, 0.15) is 11.4 Å². The maximum atomic E-state index is 13.5. The van der Waals surface area contributed by atoms with Crippen LogP contribution in [0.5, 0.6) is 5.75 Å². The number of hydrogen-bond acceptors (Lipinski definition) is 7. The van der Waals surface area contributed by atoms with Gasteiger partial charge in [-0.1, -0.05) is 36.7 Å². The van der Waals surface area contributed by atoms with Crippen LogP contribution in [0.3, 0.4) is 0 Å². The number of nitrogens with one attached hydrogen (secondary N) is 1. The smallest absolute Gasteiger partial charge is 0.264 e. The third-order valence-corrected chi connectivity index (χ3v) is 13.4. The molecule has 1 spiro atoms. The standard InChI is InChI=1S/C37H42ClN3O5S/c1-24-5-3-16-37(43,29-13-17-39-18-14-29)32-10-7-28(32)21-41-22-36(15-4-6-26-19-30(38)9-11-31(26)36)23-46-34-12-8-27(20-33(34)41)35(42)40-47(44,45)25(24)2/h3,8-9,11-14,16-20,24-25,28,32,43H,4-7,10,15,21-23H2,1-2H3,(H,40,42)/b16-3+/t24-,25+,28-,32+,36-,37+/m0/s1. The van der Waals surface area contributed by atoms with Gasteiger partial charge in [-0.15, -0.1) is 0 Å². The van der Waals surface area contributed by atoms with Crippen LogP contribution in [-0.2, 0) is 27.5 Å². The summed E-state index contributed by atoms with van der Waals surface area (Å²) in [6.07, 6.45) is 12.3. The Morgan fingerprint density at radius 3 is 2.66 bits per heavy atom. The van der Waals surface area contributed by atoms with Crippen LogP contribution in [0.15, 0.2) is 73.1 Å². The van der Waals surface area contributed by atoms with E-state index >= 15 is 0 Å². The zero-order chi connectivity index (χ0) is 33.0. The summed E-state index contributed by atoms with van der Waals surface area (Å²) in [6, 6.07) is 15.1. The van der Waals surface area contributed by atoms with Gasteiger partial charge in [-0.25, -0.2) is 13.1 Å². The van der Waals surface area contributed by atoms with Crippen molar-refractivity contribution in [2.24, 2.45) is 17.8 Å². The molecule has 2 aliphatic heterocycles. The van der Waals surface area contributed by atoms with Crippen molar-refractivity contribution in [3.63, 3.8) is 0 Å². The van der Waals surface area contributed by atoms with Crippen LogP contribution in [0.25, 0.3) is 0 Å². The van der Waals surface area contributed by atoms with E-state index in [2.05, 4.69) is 26.7 Å². The van der Waals surface area contributed by atoms with Gasteiger partial charge < -0.3 is 14.7 Å². The van der Waals surface area contributed by atoms with Crippen molar-refractivity contribution in [2.75, 3.05) is 24.6 Å². The Kier molecular flexibility index (Phi) is 8.38. The molecule has 2 aliphatic carbocycles. The topological polar surface area (TPSA) is 109 Å². The molecule has 0 saturated heterocycles. The van der Waals surface area contributed by atoms with Crippen molar-refractivity contribution in [2.45, 2.75) is 68.6 Å². The van der Waals surface area contributed by atoms with Crippen molar-refractivity contribution in [3.05, 3.63) is 100 Å². The Morgan fingerprint density at radius 2 is 1.89 bits per heavy atom. The van der Waals surface area contributed by atoms with E-state index in [1.165, 1.54) is 11.1 Å². The number of rotatable bonds is 1. The van der Waals surface area contributed by atoms with Crippen molar-refractivity contribution < 1.29 is 23.1 Å². The SMILES string of the molecule is C[C@@H]1[C@@H](C)C/C=C/[C@@](O)(c2ccncc2)[C@@H]2CC[C@H]2CN2C[C@@]3(CCCc4cc(Cl)ccc43)COc3ccc(cc32)C(=O)NS1(=O)=O. The van der Waals surface area contributed by atoms with Gasteiger partial charge in [0.25, 0.3) is 5.91 Å². The molecule has 248 valence electrons. The molecule has 1 fully saturated rings. The minimum atomic E-state index is -3.99. The number of amides is 1. The largest absolute Gasteiger partial charge is 0.490 e. The zero-order valence-electron chi connectivity index (χ0n) is 26.9. The van der Waals surface area contributed by atoms with E-state index in [4.69, 9.17) is 16.3 Å². The highest BCUT2D eigenvalue weighted by Crippen LogP contribution is 2.50. The van der Waals surface area contributed by atoms with E-state index in [0.29, 0.717) is 31.9 Å². The number of nitrogens with zero attached hydrogens (tertiary/aromatic N) is 2. The predicted molar refractivity (Wildman–Crippen MR) is 183 cm³/mol. The molecule has 1 aromatic heterocycles. The molecule has 4 aliphatic rings. The van der Waals surface area contributed by atoms with Crippen LogP contribution in [0.4, 0.5) is 5.69 Å². The van der Waals surface area contributed by atoms with E-state index in [9.17, 15) is 18.3 Å². The summed E-state index contributed by atoms with van der Waals surface area (Å²) in [6.45, 7) is 5.24. The Labute approximate surface area is 282 Å². The number of pyridine rings is 1. The molecule has 6 atom stereocenters. The predicted octanol–water partition coefficient (Wildman–Crippen LogP) is 6.17. The van der Waals surface area contributed by atoms with Gasteiger partial charge in [0.05, 0.1) is 17.5 Å². The molecule has 2 aromatic carbocycles. The van der Waals surface area contributed by atoms with E-state index in [-0.39, 0.29) is 28.7 Å². The Balaban J connectivity index is 1.35. The van der Waals surface area contributed by atoms with Gasteiger partial charge in [-0.3, -0.25) is 9.78 Å². The van der Waals surface area contributed by atoms with Crippen LogP contribution in [0.1, 0.15) is 73.0 Å². The highest BCUT2D eigenvalue weighted by atomic mass is 35.5. The second-order valence-corrected chi connectivity index (χ2v) is 16.6. The number of halogens is 1. The van der Waals surface area contributed by atoms with E-state index in [0.717, 1.165) is 48.4 Å². The molecule has 8 nitrogen and oxygen atoms in total. The number of allylic oxidation sites excluding steroid dienone is 1. The first-order chi connectivity index (χ1) is 22.5. The normalized spacial score (nSPS) is 32.5. The van der Waals surface area contributed by atoms with Gasteiger partial charge in [-0.2, -0.15) is 0 Å². The number of sulfonamides is 1. The number of aromatic nitrogens is 1. The summed E-state index contributed by atoms with van der Waals surface area (Å²) < 4.78 is 35.7. The summed E-state index contributed by atoms with van der Waals surface area (Å²) in [5, 5.41) is 12.4. The number of fused-ring (bicyclic) bond motifs is 4. The second-order valence-electron chi connectivity index (χ2n) is 14.1. The first-order valence-electron chi connectivity index (χ1n) is 16.7. The summed E-state index contributed by atoms with van der Waals surface area (Å²) in [4.78, 5) is 20.0. The maximum Gasteiger partial charge on any atom is 0.264 e. The molecule has 1 saturated carbocycles. The van der Waals surface area contributed by atoms with Crippen LogP contribution in [0, 0.1) is 17.8 Å². The van der Waals surface area contributed by atoms with Gasteiger partial charge in [0, 0.05) is 47.4 Å². The summed E-state index contributed by atoms with van der Waals surface area (Å²) >= 11 is 6.44. The second kappa shape index (κ2) is 12.2. The zero-order valence-corrected chi connectivity index (χ0v) is 28.4. The molecule has 1 amide bonds. The minimum absolute atomic E-state index is 0.0713. The third-order valence-electron chi connectivity index (χ3n) is 11.3. The third kappa shape index (κ3) is 5.85. The number of aryl methyl sites for hydroxylation is 1. The average Bonchev–Trinajstić information content (AvgIpc) is 3.19. The Morgan fingerprint density at radius 1 is 1.09 bits per heavy atom. The van der Waals surface area contributed by atoms with Gasteiger partial charge in [-0.05, 0) is 116 Å². The number of benzene rings is 2. The number of carbonyl (C=O) groups excluding carboxylic acids is 1. The molecule has 0 unspecified atom stereocenters. The molecular weight excluding hydrogens is 634 g/mol. The fourth-order valence-corrected chi connectivity index (χ4v) is 9.68. The molecular formula is C37H42ClN3O5S. The number of hydrogen-bond donors (Lipinski definition) is 2. The lowest BCUT2D eigenvalue weighted by atomic mass is 9.62. The molecule has 3 heterocycles. The molecule has 2 bridgehead atoms. The number of anilines is 1. The summed E-state index contributed by atoms with van der Waals surface area (Å²) in [5.74, 6) is -0.219. The van der Waals surface area contributed by atoms with E-state index in [1.807, 2.05) is 37.3 Å². The lowest BCUT2D eigenvalue weighted by Crippen LogP contribution is -2.51. The summed E-state index contributed by atoms with van der Waals surface area (Å²) in [7, 11) is -3.99. The quantitative estimate of drug-likeness (QED) is 0.297.